The fourth-order valence-corrected chi connectivity index (χ4v) is 3.91. The summed E-state index contributed by atoms with van der Waals surface area (Å²) in [6, 6.07) is 6.66. The van der Waals surface area contributed by atoms with E-state index in [-0.39, 0.29) is 24.4 Å². The Morgan fingerprint density at radius 3 is 2.61 bits per heavy atom. The van der Waals surface area contributed by atoms with Crippen molar-refractivity contribution in [3.05, 3.63) is 46.4 Å². The first kappa shape index (κ1) is 22.8. The van der Waals surface area contributed by atoms with Crippen LogP contribution in [-0.2, 0) is 11.3 Å². The van der Waals surface area contributed by atoms with Crippen molar-refractivity contribution < 1.29 is 14.3 Å². The quantitative estimate of drug-likeness (QED) is 0.679. The number of ether oxygens (including phenoxy) is 1. The van der Waals surface area contributed by atoms with Crippen molar-refractivity contribution in [2.24, 2.45) is 0 Å². The molecule has 1 aromatic carbocycles. The maximum atomic E-state index is 13.1. The fourth-order valence-electron chi connectivity index (χ4n) is 3.74. The van der Waals surface area contributed by atoms with Crippen LogP contribution in [0, 0.1) is 0 Å². The molecule has 2 aromatic rings. The molecule has 1 aliphatic heterocycles. The van der Waals surface area contributed by atoms with E-state index in [4.69, 9.17) is 21.3 Å². The summed E-state index contributed by atoms with van der Waals surface area (Å²) >= 11 is 6.09. The molecule has 31 heavy (non-hydrogen) atoms. The van der Waals surface area contributed by atoms with Crippen LogP contribution in [0.2, 0.25) is 5.02 Å². The third-order valence-electron chi connectivity index (χ3n) is 5.33. The normalized spacial score (nSPS) is 15.7. The van der Waals surface area contributed by atoms with E-state index in [1.165, 1.54) is 7.11 Å². The number of hydrogen-bond donors (Lipinski definition) is 0. The van der Waals surface area contributed by atoms with Crippen LogP contribution < -0.4 is 9.64 Å². The second-order valence-corrected chi connectivity index (χ2v) is 8.28. The van der Waals surface area contributed by atoms with Gasteiger partial charge in [-0.05, 0) is 31.0 Å². The molecule has 0 radical (unpaired) electrons. The lowest BCUT2D eigenvalue weighted by molar-refractivity contribution is -0.129. The molecule has 1 aromatic heterocycles. The molecule has 166 valence electrons. The number of rotatable bonds is 6. The molecule has 9 heteroatoms. The molecule has 1 aliphatic rings. The van der Waals surface area contributed by atoms with Gasteiger partial charge in [-0.25, -0.2) is 9.97 Å². The number of carbonyl (C=O) groups is 2. The van der Waals surface area contributed by atoms with Crippen molar-refractivity contribution in [2.45, 2.75) is 32.4 Å². The summed E-state index contributed by atoms with van der Waals surface area (Å²) in [6.45, 7) is 2.55. The molecule has 3 rings (SSSR count). The minimum Gasteiger partial charge on any atom is -0.496 e. The number of likely N-dealkylation sites (tertiary alicyclic amines) is 1. The fraction of sp³-hybridized carbons (Fsp3) is 0.455. The minimum atomic E-state index is -0.225. The molecule has 1 fully saturated rings. The highest BCUT2D eigenvalue weighted by atomic mass is 35.5. The number of anilines is 1. The van der Waals surface area contributed by atoms with Crippen LogP contribution in [0.25, 0.3) is 0 Å². The summed E-state index contributed by atoms with van der Waals surface area (Å²) < 4.78 is 5.32. The topological polar surface area (TPSA) is 78.9 Å². The Morgan fingerprint density at radius 1 is 1.23 bits per heavy atom. The monoisotopic (exact) mass is 445 g/mol. The van der Waals surface area contributed by atoms with Crippen molar-refractivity contribution >= 4 is 29.2 Å². The van der Waals surface area contributed by atoms with Gasteiger partial charge in [0.15, 0.2) is 5.82 Å². The van der Waals surface area contributed by atoms with Crippen molar-refractivity contribution in [3.63, 3.8) is 0 Å². The molecule has 0 saturated carbocycles. The summed E-state index contributed by atoms with van der Waals surface area (Å²) in [4.78, 5) is 39.8. The largest absolute Gasteiger partial charge is 0.496 e. The van der Waals surface area contributed by atoms with Crippen LogP contribution in [0.15, 0.2) is 24.3 Å². The number of amides is 2. The number of hydrogen-bond acceptors (Lipinski definition) is 6. The third kappa shape index (κ3) is 5.07. The molecule has 2 heterocycles. The molecule has 2 amide bonds. The van der Waals surface area contributed by atoms with Gasteiger partial charge < -0.3 is 19.4 Å². The van der Waals surface area contributed by atoms with Gasteiger partial charge in [-0.1, -0.05) is 11.6 Å². The summed E-state index contributed by atoms with van der Waals surface area (Å²) in [5.41, 5.74) is 1.08. The molecular formula is C22H28ClN5O3. The molecular weight excluding hydrogens is 418 g/mol. The van der Waals surface area contributed by atoms with Crippen LogP contribution in [0.4, 0.5) is 5.82 Å². The van der Waals surface area contributed by atoms with Crippen molar-refractivity contribution in [1.82, 2.24) is 19.8 Å². The van der Waals surface area contributed by atoms with Crippen molar-refractivity contribution in [2.75, 3.05) is 39.7 Å². The Kier molecular flexibility index (Phi) is 7.00. The van der Waals surface area contributed by atoms with Crippen molar-refractivity contribution in [1.29, 1.82) is 0 Å². The van der Waals surface area contributed by atoms with Gasteiger partial charge >= 0.3 is 0 Å². The molecule has 0 spiro atoms. The Morgan fingerprint density at radius 2 is 1.97 bits per heavy atom. The SMILES string of the molecule is COc1ccc(Cl)cc1C(=O)N(C)Cc1cc(N(C)C)nc([C@@H]2CCCN2C(C)=O)n1. The molecule has 1 saturated heterocycles. The van der Waals surface area contributed by atoms with E-state index < -0.39 is 0 Å². The number of carbonyl (C=O) groups excluding carboxylic acids is 2. The van der Waals surface area contributed by atoms with Crippen LogP contribution in [0.3, 0.4) is 0 Å². The van der Waals surface area contributed by atoms with Crippen LogP contribution in [-0.4, -0.2) is 66.4 Å². The average Bonchev–Trinajstić information content (AvgIpc) is 3.23. The van der Waals surface area contributed by atoms with E-state index in [2.05, 4.69) is 4.98 Å². The molecule has 8 nitrogen and oxygen atoms in total. The number of nitrogens with zero attached hydrogens (tertiary/aromatic N) is 5. The van der Waals surface area contributed by atoms with Gasteiger partial charge in [0.25, 0.3) is 5.91 Å². The zero-order valence-electron chi connectivity index (χ0n) is 18.6. The van der Waals surface area contributed by atoms with E-state index in [9.17, 15) is 9.59 Å². The highest BCUT2D eigenvalue weighted by Crippen LogP contribution is 2.31. The first-order valence-electron chi connectivity index (χ1n) is 10.1. The number of methoxy groups -OCH3 is 1. The number of halogens is 1. The predicted molar refractivity (Wildman–Crippen MR) is 120 cm³/mol. The summed E-state index contributed by atoms with van der Waals surface area (Å²) in [6.07, 6.45) is 1.74. The van der Waals surface area contributed by atoms with E-state index >= 15 is 0 Å². The highest BCUT2D eigenvalue weighted by Gasteiger charge is 2.31. The third-order valence-corrected chi connectivity index (χ3v) is 5.57. The lowest BCUT2D eigenvalue weighted by Crippen LogP contribution is -2.31. The Hall–Kier alpha value is -2.87. The van der Waals surface area contributed by atoms with E-state index in [1.54, 1.807) is 37.1 Å². The first-order chi connectivity index (χ1) is 14.7. The minimum absolute atomic E-state index is 0.0169. The molecule has 0 bridgehead atoms. The second-order valence-electron chi connectivity index (χ2n) is 7.85. The Labute approximate surface area is 187 Å². The number of benzene rings is 1. The lowest BCUT2D eigenvalue weighted by atomic mass is 10.1. The summed E-state index contributed by atoms with van der Waals surface area (Å²) in [5.74, 6) is 1.59. The zero-order chi connectivity index (χ0) is 22.7. The molecule has 1 atom stereocenters. The van der Waals surface area contributed by atoms with Gasteiger partial charge in [0, 0.05) is 45.7 Å². The maximum Gasteiger partial charge on any atom is 0.257 e. The number of aromatic nitrogens is 2. The van der Waals surface area contributed by atoms with Gasteiger partial charge in [0.2, 0.25) is 5.91 Å². The van der Waals surface area contributed by atoms with Gasteiger partial charge in [-0.15, -0.1) is 0 Å². The Balaban J connectivity index is 1.90. The van der Waals surface area contributed by atoms with E-state index in [0.717, 1.165) is 18.7 Å². The zero-order valence-corrected chi connectivity index (χ0v) is 19.3. The summed E-state index contributed by atoms with van der Waals surface area (Å²) in [5, 5.41) is 0.460. The summed E-state index contributed by atoms with van der Waals surface area (Å²) in [7, 11) is 7.03. The lowest BCUT2D eigenvalue weighted by Gasteiger charge is -2.25. The smallest absolute Gasteiger partial charge is 0.257 e. The molecule has 0 aliphatic carbocycles. The van der Waals surface area contributed by atoms with Gasteiger partial charge in [-0.3, -0.25) is 9.59 Å². The second kappa shape index (κ2) is 9.51. The van der Waals surface area contributed by atoms with Crippen LogP contribution in [0.5, 0.6) is 5.75 Å². The standard InChI is InChI=1S/C22H28ClN5O3/c1-14(29)28-10-6-7-18(28)21-24-16(12-20(25-21)26(2)3)13-27(4)22(30)17-11-15(23)8-9-19(17)31-5/h8-9,11-12,18H,6-7,10,13H2,1-5H3/t18-/m0/s1. The first-order valence-corrected chi connectivity index (χ1v) is 10.5. The maximum absolute atomic E-state index is 13.1. The van der Waals surface area contributed by atoms with Gasteiger partial charge in [0.05, 0.1) is 31.0 Å². The van der Waals surface area contributed by atoms with E-state index in [0.29, 0.717) is 34.4 Å². The van der Waals surface area contributed by atoms with Crippen LogP contribution >= 0.6 is 11.6 Å². The van der Waals surface area contributed by atoms with Gasteiger partial charge in [-0.2, -0.15) is 0 Å². The van der Waals surface area contributed by atoms with Crippen molar-refractivity contribution in [3.8, 4) is 5.75 Å². The van der Waals surface area contributed by atoms with Gasteiger partial charge in [0.1, 0.15) is 11.6 Å². The average molecular weight is 446 g/mol. The van der Waals surface area contributed by atoms with Crippen LogP contribution in [0.1, 0.15) is 47.7 Å². The molecule has 0 unspecified atom stereocenters. The highest BCUT2D eigenvalue weighted by molar-refractivity contribution is 6.31. The molecule has 0 N–H and O–H groups in total. The Bertz CT molecular complexity index is 982. The van der Waals surface area contributed by atoms with E-state index in [1.807, 2.05) is 30.0 Å². The predicted octanol–water partition coefficient (Wildman–Crippen LogP) is 3.16.